The molecule has 14 aliphatic rings. The van der Waals surface area contributed by atoms with Gasteiger partial charge in [-0.2, -0.15) is 0 Å². The second kappa shape index (κ2) is 38.6. The summed E-state index contributed by atoms with van der Waals surface area (Å²) in [7, 11) is 0. The zero-order valence-electron chi connectivity index (χ0n) is 71.4. The molecule has 0 radical (unpaired) electrons. The molecule has 9 saturated heterocycles. The van der Waals surface area contributed by atoms with E-state index in [1.54, 1.807) is 0 Å². The zero-order chi connectivity index (χ0) is 91.7. The van der Waals surface area contributed by atoms with Gasteiger partial charge in [-0.15, -0.1) is 0 Å². The lowest BCUT2D eigenvalue weighted by Crippen LogP contribution is -2.69. The molecule has 0 amide bonds. The Balaban J connectivity index is 0.779. The van der Waals surface area contributed by atoms with Crippen LogP contribution in [0.3, 0.4) is 0 Å². The van der Waals surface area contributed by atoms with Crippen LogP contribution in [0.25, 0.3) is 0 Å². The molecule has 9 aliphatic heterocycles. The summed E-state index contributed by atoms with van der Waals surface area (Å²) in [5, 5.41) is 281. The maximum absolute atomic E-state index is 15.1. The molecule has 45 heteroatoms. The topological polar surface area (TPSA) is 698 Å². The summed E-state index contributed by atoms with van der Waals surface area (Å²) in [6.45, 7) is 11.2. The quantitative estimate of drug-likeness (QED) is 0.0148. The zero-order valence-corrected chi connectivity index (χ0v) is 71.4. The molecule has 126 heavy (non-hydrogen) atoms. The highest BCUT2D eigenvalue weighted by Crippen LogP contribution is 2.76. The Morgan fingerprint density at radius 3 is 1.41 bits per heavy atom. The van der Waals surface area contributed by atoms with Crippen molar-refractivity contribution in [1.82, 2.24) is 0 Å². The van der Waals surface area contributed by atoms with Gasteiger partial charge >= 0.3 is 5.97 Å². The molecule has 0 aromatic heterocycles. The first-order chi connectivity index (χ1) is 59.3. The van der Waals surface area contributed by atoms with Crippen LogP contribution in [0.15, 0.2) is 11.6 Å². The minimum atomic E-state index is -2.45. The van der Waals surface area contributed by atoms with Gasteiger partial charge in [0.2, 0.25) is 12.6 Å². The average molecular weight is 1830 g/mol. The van der Waals surface area contributed by atoms with E-state index in [4.69, 9.17) is 90.3 Å². The van der Waals surface area contributed by atoms with Crippen LogP contribution in [0.5, 0.6) is 0 Å². The maximum Gasteiger partial charge on any atom is 0.315 e. The molecule has 13 fully saturated rings. The molecule has 45 nitrogen and oxygen atoms in total. The summed E-state index contributed by atoms with van der Waals surface area (Å²) in [6, 6.07) is 0. The van der Waals surface area contributed by atoms with E-state index in [1.807, 2.05) is 13.8 Å². The third-order valence-corrected chi connectivity index (χ3v) is 30.7. The van der Waals surface area contributed by atoms with Gasteiger partial charge in [-0.1, -0.05) is 60.1 Å². The number of aliphatic hydroxyl groups excluding tert-OH is 25. The molecule has 51 atom stereocenters. The van der Waals surface area contributed by atoms with Gasteiger partial charge < -0.3 is 208 Å². The minimum absolute atomic E-state index is 0.0867. The summed E-state index contributed by atoms with van der Waals surface area (Å²) < 4.78 is 103. The SMILES string of the molecule is C[C@@H]1O[C@@H](OC(=O)[C@]23CCC(C)(C)C[C@H]2C2=CC[C@@H]4[C@@]5(C)C[C@@H](O)[C@H](O[C@@H]6O[C@H](CO)[C@@H](O[C@@H]7OC[C@@H](O)[C@H](O)[C@H]7O)[C@H](O)[C@H]6OO[C@@H]6O[C@H](CO)[C@@H](O[C@@H]7O[C@H](CO)[C@@H](O)[C@H](O)[C@H]7O)[C@H](O)[C@H]6O[C@@H]6OC[C@@H](O[C@@H]7OC[C@H](O)[C@H](O)[C@H]7O)[C@H](O[C@@H]7O[C@H](CO)[C@@H](O)[C@H](O)[C@H]7O[C@@H]7O[C@@H](C)[C@H](O)[C@@H](O)[C@H]7O)[C@H]6O)C(C)(C)[C@@H]5CC[C@@]4(C)[C@]2(C)CC3)[C@H](O)[C@H](O)[C@H]1O. The van der Waals surface area contributed by atoms with E-state index in [2.05, 4.69) is 40.7 Å². The molecular formula is C81H132O45. The van der Waals surface area contributed by atoms with Crippen molar-refractivity contribution in [2.24, 2.45) is 50.2 Å². The Hall–Kier alpha value is -2.51. The van der Waals surface area contributed by atoms with Crippen molar-refractivity contribution in [1.29, 1.82) is 0 Å². The average Bonchev–Trinajstić information content (AvgIpc) is 0.671. The van der Waals surface area contributed by atoms with Crippen molar-refractivity contribution in [3.63, 3.8) is 0 Å². The number of rotatable bonds is 23. The molecule has 0 spiro atoms. The maximum atomic E-state index is 15.1. The number of carbonyl (C=O) groups excluding carboxylic acids is 1. The van der Waals surface area contributed by atoms with Crippen LogP contribution in [0.2, 0.25) is 0 Å². The highest BCUT2D eigenvalue weighted by atomic mass is 17.2. The first kappa shape index (κ1) is 99.5. The summed E-state index contributed by atoms with van der Waals surface area (Å²) in [5.74, 6) is -1.32. The Bertz CT molecular complexity index is 3630. The molecule has 0 bridgehead atoms. The monoisotopic (exact) mass is 1820 g/mol. The molecular weight excluding hydrogens is 1690 g/mol. The van der Waals surface area contributed by atoms with Gasteiger partial charge in [-0.25, -0.2) is 9.78 Å². The van der Waals surface area contributed by atoms with Crippen LogP contribution < -0.4 is 0 Å². The van der Waals surface area contributed by atoms with Crippen molar-refractivity contribution in [2.45, 2.75) is 390 Å². The standard InChI is InChI=1S/C81H132O45/c1-27-41(89)47(95)53(101)69(111-27)122-62-50(98)46(94)35(21-83)114-72(62)120-61-38(117-66-51(99)43(91)32(87)24-108-66)26-110-68(58(61)106)121-63-56(104)59(119-71-55(103)49(97)45(93)34(20-82)113-71)37(23-85)116-74(63)126-125-64-57(105)60(118-67-52(100)44(92)33(88)25-109-67)36(22-84)115-73(64)123-65-31(86)19-78(7)39(77(65,5)6)12-13-80(9)40(78)11-10-29-30-18-76(3,4)14-16-81(30,17-15-79(29,80)8)75(107)124-70-54(102)48(96)42(90)28(2)112-70/h10,27-28,30-74,82-106H,11-26H2,1-9H3/t27-,28-,30-,31+,32-,33+,34+,35+,36+,37+,38+,39-,40+,41-,42-,43-,44-,45+,46+,47+,48+,49-,50-,51+,52+,53+,54+,55+,56-,57-,58+,59+,60+,61-,62+,63+,64+,65-,66-,67-,68-,69-,70-,71-,72-,73-,74-,78-,79+,80+,81-/m0/s1. The molecule has 0 aromatic rings. The third kappa shape index (κ3) is 17.9. The second-order valence-electron chi connectivity index (χ2n) is 39.2. The van der Waals surface area contributed by atoms with Crippen molar-refractivity contribution in [2.75, 3.05) is 46.2 Å². The van der Waals surface area contributed by atoms with Gasteiger partial charge in [0, 0.05) is 0 Å². The fourth-order valence-corrected chi connectivity index (χ4v) is 23.0. The van der Waals surface area contributed by atoms with Gasteiger partial charge in [0.25, 0.3) is 0 Å². The predicted octanol–water partition coefficient (Wildman–Crippen LogP) is -10.0. The van der Waals surface area contributed by atoms with Crippen molar-refractivity contribution < 1.29 is 223 Å². The van der Waals surface area contributed by atoms with Gasteiger partial charge in [0.15, 0.2) is 50.1 Å². The summed E-state index contributed by atoms with van der Waals surface area (Å²) in [4.78, 5) is 27.4. The number of ether oxygens (including phenoxy) is 17. The van der Waals surface area contributed by atoms with E-state index in [-0.39, 0.29) is 29.6 Å². The fourth-order valence-electron chi connectivity index (χ4n) is 23.0. The summed E-state index contributed by atoms with van der Waals surface area (Å²) in [6.07, 6.45) is -77.5. The van der Waals surface area contributed by atoms with Crippen molar-refractivity contribution >= 4 is 5.97 Å². The van der Waals surface area contributed by atoms with Crippen LogP contribution in [-0.4, -0.2) is 450 Å². The predicted molar refractivity (Wildman–Crippen MR) is 408 cm³/mol. The van der Waals surface area contributed by atoms with E-state index >= 15 is 4.79 Å². The summed E-state index contributed by atoms with van der Waals surface area (Å²) in [5.41, 5.74) is -2.97. The van der Waals surface area contributed by atoms with Crippen molar-refractivity contribution in [3.8, 4) is 0 Å². The lowest BCUT2D eigenvalue weighted by Gasteiger charge is -2.71. The Morgan fingerprint density at radius 2 is 0.817 bits per heavy atom. The third-order valence-electron chi connectivity index (χ3n) is 30.7. The fraction of sp³-hybridized carbons (Fsp3) is 0.963. The first-order valence-corrected chi connectivity index (χ1v) is 43.6. The molecule has 9 heterocycles. The van der Waals surface area contributed by atoms with E-state index in [9.17, 15) is 128 Å². The molecule has 4 saturated carbocycles. The Morgan fingerprint density at radius 1 is 0.373 bits per heavy atom. The number of carbonyl (C=O) groups is 1. The molecule has 0 aromatic carbocycles. The van der Waals surface area contributed by atoms with E-state index in [0.29, 0.717) is 51.4 Å². The first-order valence-electron chi connectivity index (χ1n) is 43.6. The van der Waals surface area contributed by atoms with Gasteiger partial charge in [-0.3, -0.25) is 4.79 Å². The van der Waals surface area contributed by atoms with Gasteiger partial charge in [-0.05, 0) is 116 Å². The summed E-state index contributed by atoms with van der Waals surface area (Å²) >= 11 is 0. The molecule has 0 unspecified atom stereocenters. The lowest BCUT2D eigenvalue weighted by molar-refractivity contribution is -0.488. The van der Waals surface area contributed by atoms with E-state index in [0.717, 1.165) is 5.57 Å². The minimum Gasteiger partial charge on any atom is -0.432 e. The Kier molecular flexibility index (Phi) is 30.4. The van der Waals surface area contributed by atoms with Crippen LogP contribution in [0, 0.1) is 50.2 Å². The van der Waals surface area contributed by atoms with Crippen LogP contribution in [0.1, 0.15) is 120 Å². The highest BCUT2D eigenvalue weighted by Gasteiger charge is 2.72. The van der Waals surface area contributed by atoms with Crippen molar-refractivity contribution in [3.05, 3.63) is 11.6 Å². The van der Waals surface area contributed by atoms with Gasteiger partial charge in [0.05, 0.1) is 76.1 Å². The highest BCUT2D eigenvalue weighted by molar-refractivity contribution is 5.79. The number of esters is 1. The number of fused-ring (bicyclic) bond motifs is 7. The van der Waals surface area contributed by atoms with E-state index in [1.165, 1.54) is 13.8 Å². The number of hydrogen-bond acceptors (Lipinski definition) is 45. The number of hydrogen-bond donors (Lipinski definition) is 25. The molecule has 25 N–H and O–H groups in total. The Labute approximate surface area is 724 Å². The van der Waals surface area contributed by atoms with Crippen LogP contribution in [-0.2, 0) is 95.1 Å². The number of allylic oxidation sites excluding steroid dienone is 2. The van der Waals surface area contributed by atoms with Crippen LogP contribution >= 0.6 is 0 Å². The second-order valence-corrected chi connectivity index (χ2v) is 39.2. The van der Waals surface area contributed by atoms with Gasteiger partial charge in [0.1, 0.15) is 183 Å². The van der Waals surface area contributed by atoms with E-state index < -0.39 is 350 Å². The number of aliphatic hydroxyl groups is 25. The lowest BCUT2D eigenvalue weighted by atomic mass is 9.33. The smallest absolute Gasteiger partial charge is 0.315 e. The van der Waals surface area contributed by atoms with Crippen LogP contribution in [0.4, 0.5) is 0 Å². The largest absolute Gasteiger partial charge is 0.432 e. The molecule has 726 valence electrons. The molecule has 5 aliphatic carbocycles. The molecule has 14 rings (SSSR count). The normalized spacial score (nSPS) is 54.6.